The molecule has 0 atom stereocenters. The van der Waals surface area contributed by atoms with E-state index in [1.165, 1.54) is 11.8 Å². The molecule has 0 radical (unpaired) electrons. The van der Waals surface area contributed by atoms with Crippen molar-refractivity contribution in [2.75, 3.05) is 12.0 Å². The zero-order valence-electron chi connectivity index (χ0n) is 12.3. The van der Waals surface area contributed by atoms with Crippen molar-refractivity contribution >= 4 is 20.7 Å². The quantitative estimate of drug-likeness (QED) is 0.888. The van der Waals surface area contributed by atoms with Crippen LogP contribution in [0.2, 0.25) is 0 Å². The van der Waals surface area contributed by atoms with Gasteiger partial charge in [0.2, 0.25) is 0 Å². The average molecular weight is 294 g/mol. The van der Waals surface area contributed by atoms with Crippen molar-refractivity contribution in [3.05, 3.63) is 36.0 Å². The molecule has 0 saturated carbocycles. The Labute approximate surface area is 120 Å². The molecule has 1 aromatic carbocycles. The molecule has 20 heavy (non-hydrogen) atoms. The second-order valence-electron chi connectivity index (χ2n) is 5.57. The molecule has 0 amide bonds. The number of hydrogen-bond donors (Lipinski definition) is 1. The van der Waals surface area contributed by atoms with Gasteiger partial charge in [0.15, 0.2) is 0 Å². The second kappa shape index (κ2) is 5.97. The van der Waals surface area contributed by atoms with Crippen molar-refractivity contribution in [1.82, 2.24) is 9.88 Å². The third kappa shape index (κ3) is 4.08. The molecule has 5 heteroatoms. The molecule has 0 spiro atoms. The fourth-order valence-corrected chi connectivity index (χ4v) is 2.65. The molecule has 110 valence electrons. The summed E-state index contributed by atoms with van der Waals surface area (Å²) >= 11 is 0. The highest BCUT2D eigenvalue weighted by Gasteiger charge is 2.06. The van der Waals surface area contributed by atoms with E-state index in [0.29, 0.717) is 12.6 Å². The number of aromatic nitrogens is 1. The molecule has 4 nitrogen and oxygen atoms in total. The van der Waals surface area contributed by atoms with Gasteiger partial charge < -0.3 is 9.88 Å². The molecule has 1 aromatic heterocycles. The van der Waals surface area contributed by atoms with Crippen LogP contribution in [0.1, 0.15) is 19.4 Å². The van der Waals surface area contributed by atoms with Crippen LogP contribution in [0.25, 0.3) is 10.9 Å². The summed E-state index contributed by atoms with van der Waals surface area (Å²) < 4.78 is 24.6. The maximum atomic E-state index is 11.3. The molecule has 0 aliphatic heterocycles. The number of aryl methyl sites for hydroxylation is 1. The zero-order chi connectivity index (χ0) is 14.8. The molecule has 0 bridgehead atoms. The Morgan fingerprint density at radius 3 is 2.65 bits per heavy atom. The molecule has 0 saturated heterocycles. The first-order valence-corrected chi connectivity index (χ1v) is 8.90. The Hall–Kier alpha value is -1.33. The summed E-state index contributed by atoms with van der Waals surface area (Å²) in [7, 11) is -2.93. The maximum absolute atomic E-state index is 11.3. The lowest BCUT2D eigenvalue weighted by Crippen LogP contribution is -2.21. The van der Waals surface area contributed by atoms with Crippen LogP contribution in [0.5, 0.6) is 0 Å². The number of fused-ring (bicyclic) bond motifs is 1. The molecule has 2 aromatic rings. The van der Waals surface area contributed by atoms with Gasteiger partial charge in [-0.3, -0.25) is 0 Å². The topological polar surface area (TPSA) is 51.1 Å². The Balaban J connectivity index is 2.21. The fraction of sp³-hybridized carbons (Fsp3) is 0.467. The minimum absolute atomic E-state index is 0.172. The lowest BCUT2D eigenvalue weighted by Gasteiger charge is -2.09. The van der Waals surface area contributed by atoms with Crippen LogP contribution in [0, 0.1) is 0 Å². The molecule has 2 rings (SSSR count). The van der Waals surface area contributed by atoms with E-state index in [2.05, 4.69) is 37.4 Å². The highest BCUT2D eigenvalue weighted by molar-refractivity contribution is 7.90. The van der Waals surface area contributed by atoms with Gasteiger partial charge in [-0.1, -0.05) is 26.0 Å². The summed E-state index contributed by atoms with van der Waals surface area (Å²) in [5.41, 5.74) is 2.31. The summed E-state index contributed by atoms with van der Waals surface area (Å²) in [6.07, 6.45) is 3.23. The van der Waals surface area contributed by atoms with Crippen LogP contribution in [0.3, 0.4) is 0 Å². The second-order valence-corrected chi connectivity index (χ2v) is 7.83. The minimum atomic E-state index is -2.93. The molecule has 1 N–H and O–H groups in total. The van der Waals surface area contributed by atoms with E-state index in [-0.39, 0.29) is 5.75 Å². The lowest BCUT2D eigenvalue weighted by molar-refractivity contribution is 0.588. The molecule has 1 heterocycles. The minimum Gasteiger partial charge on any atom is -0.346 e. The van der Waals surface area contributed by atoms with Gasteiger partial charge in [-0.05, 0) is 23.1 Å². The Morgan fingerprint density at radius 2 is 2.00 bits per heavy atom. The normalized spacial score (nSPS) is 12.4. The predicted octanol–water partition coefficient (Wildman–Crippen LogP) is 2.18. The van der Waals surface area contributed by atoms with E-state index in [0.717, 1.165) is 17.4 Å². The van der Waals surface area contributed by atoms with Crippen molar-refractivity contribution in [2.45, 2.75) is 33.0 Å². The van der Waals surface area contributed by atoms with Crippen LogP contribution >= 0.6 is 0 Å². The number of hydrogen-bond acceptors (Lipinski definition) is 3. The summed E-state index contributed by atoms with van der Waals surface area (Å²) in [6.45, 7) is 5.56. The van der Waals surface area contributed by atoms with E-state index in [4.69, 9.17) is 0 Å². The van der Waals surface area contributed by atoms with Gasteiger partial charge in [-0.2, -0.15) is 0 Å². The van der Waals surface area contributed by atoms with Gasteiger partial charge in [0.1, 0.15) is 9.84 Å². The van der Waals surface area contributed by atoms with Crippen LogP contribution in [-0.2, 0) is 22.9 Å². The third-order valence-electron chi connectivity index (χ3n) is 3.26. The largest absolute Gasteiger partial charge is 0.346 e. The van der Waals surface area contributed by atoms with Gasteiger partial charge in [-0.15, -0.1) is 0 Å². The van der Waals surface area contributed by atoms with Crippen molar-refractivity contribution in [3.63, 3.8) is 0 Å². The number of benzene rings is 1. The van der Waals surface area contributed by atoms with Gasteiger partial charge in [0, 0.05) is 37.1 Å². The van der Waals surface area contributed by atoms with E-state index in [1.54, 1.807) is 0 Å². The lowest BCUT2D eigenvalue weighted by atomic mass is 10.1. The Kier molecular flexibility index (Phi) is 4.50. The third-order valence-corrected chi connectivity index (χ3v) is 4.18. The highest BCUT2D eigenvalue weighted by atomic mass is 32.2. The van der Waals surface area contributed by atoms with E-state index in [9.17, 15) is 8.42 Å². The first kappa shape index (κ1) is 15.1. The van der Waals surface area contributed by atoms with E-state index in [1.807, 2.05) is 16.8 Å². The van der Waals surface area contributed by atoms with Crippen molar-refractivity contribution < 1.29 is 8.42 Å². The van der Waals surface area contributed by atoms with E-state index < -0.39 is 9.84 Å². The SMILES string of the molecule is CC(C)NCc1ccc2ccn(CCS(C)(=O)=O)c2c1. The standard InChI is InChI=1S/C15H22N2O2S/c1-12(2)16-11-13-4-5-14-6-7-17(15(14)10-13)8-9-20(3,18)19/h4-7,10,12,16H,8-9,11H2,1-3H3. The molecule has 0 unspecified atom stereocenters. The van der Waals surface area contributed by atoms with Gasteiger partial charge in [0.25, 0.3) is 0 Å². The monoisotopic (exact) mass is 294 g/mol. The first-order chi connectivity index (χ1) is 9.35. The van der Waals surface area contributed by atoms with Crippen LogP contribution in [0.15, 0.2) is 30.5 Å². The van der Waals surface area contributed by atoms with Crippen molar-refractivity contribution in [3.8, 4) is 0 Å². The van der Waals surface area contributed by atoms with Gasteiger partial charge in [0.05, 0.1) is 5.75 Å². The smallest absolute Gasteiger partial charge is 0.149 e. The van der Waals surface area contributed by atoms with Crippen LogP contribution < -0.4 is 5.32 Å². The maximum Gasteiger partial charge on any atom is 0.149 e. The zero-order valence-corrected chi connectivity index (χ0v) is 13.1. The molecule has 0 aliphatic carbocycles. The number of rotatable bonds is 6. The molecule has 0 fully saturated rings. The number of nitrogens with one attached hydrogen (secondary N) is 1. The van der Waals surface area contributed by atoms with Gasteiger partial charge in [-0.25, -0.2) is 8.42 Å². The highest BCUT2D eigenvalue weighted by Crippen LogP contribution is 2.18. The van der Waals surface area contributed by atoms with Crippen LogP contribution in [0.4, 0.5) is 0 Å². The van der Waals surface area contributed by atoms with E-state index >= 15 is 0 Å². The van der Waals surface area contributed by atoms with Gasteiger partial charge >= 0.3 is 0 Å². The number of nitrogens with zero attached hydrogens (tertiary/aromatic N) is 1. The summed E-state index contributed by atoms with van der Waals surface area (Å²) in [5, 5.41) is 4.53. The summed E-state index contributed by atoms with van der Waals surface area (Å²) in [6, 6.07) is 8.80. The predicted molar refractivity (Wildman–Crippen MR) is 83.6 cm³/mol. The van der Waals surface area contributed by atoms with Crippen LogP contribution in [-0.4, -0.2) is 31.0 Å². The Bertz CT molecular complexity index is 687. The Morgan fingerprint density at radius 1 is 1.25 bits per heavy atom. The molecule has 0 aliphatic rings. The van der Waals surface area contributed by atoms with Crippen molar-refractivity contribution in [2.24, 2.45) is 0 Å². The number of sulfone groups is 1. The van der Waals surface area contributed by atoms with Crippen molar-refractivity contribution in [1.29, 1.82) is 0 Å². The summed E-state index contributed by atoms with van der Waals surface area (Å²) in [4.78, 5) is 0. The fourth-order valence-electron chi connectivity index (χ4n) is 2.12. The average Bonchev–Trinajstić information content (AvgIpc) is 2.75. The molecular weight excluding hydrogens is 272 g/mol. The summed E-state index contributed by atoms with van der Waals surface area (Å²) in [5.74, 6) is 0.172. The molecular formula is C15H22N2O2S. The first-order valence-electron chi connectivity index (χ1n) is 6.84.